The molecular weight excluding hydrogens is 300 g/mol. The topological polar surface area (TPSA) is 45.3 Å². The first kappa shape index (κ1) is 16.1. The van der Waals surface area contributed by atoms with Crippen LogP contribution in [0, 0.1) is 0 Å². The zero-order valence-corrected chi connectivity index (χ0v) is 14.2. The maximum Gasteiger partial charge on any atom is 0.270 e. The Labute approximate surface area is 142 Å². The minimum Gasteiger partial charge on any atom is -0.497 e. The standard InChI is InChI=1S/C20H22N2O2/c1-14(2)22(13-15-7-5-4-6-8-15)20(23)19-11-16-9-10-17(24-3)12-18(16)21-19/h4-12,14,21H,13H2,1-3H3. The van der Waals surface area contributed by atoms with Crippen molar-refractivity contribution in [2.24, 2.45) is 0 Å². The number of ether oxygens (including phenoxy) is 1. The molecule has 4 nitrogen and oxygen atoms in total. The van der Waals surface area contributed by atoms with Crippen molar-refractivity contribution in [2.45, 2.75) is 26.4 Å². The zero-order chi connectivity index (χ0) is 17.1. The first-order valence-electron chi connectivity index (χ1n) is 8.10. The number of aromatic amines is 1. The lowest BCUT2D eigenvalue weighted by Gasteiger charge is -2.26. The summed E-state index contributed by atoms with van der Waals surface area (Å²) in [5.41, 5.74) is 2.63. The van der Waals surface area contributed by atoms with Crippen LogP contribution in [-0.2, 0) is 6.54 Å². The van der Waals surface area contributed by atoms with Crippen LogP contribution in [0.2, 0.25) is 0 Å². The van der Waals surface area contributed by atoms with Crippen LogP contribution in [0.15, 0.2) is 54.6 Å². The van der Waals surface area contributed by atoms with Crippen molar-refractivity contribution in [3.8, 4) is 5.75 Å². The van der Waals surface area contributed by atoms with E-state index in [1.807, 2.05) is 73.3 Å². The molecule has 1 amide bonds. The SMILES string of the molecule is COc1ccc2cc(C(=O)N(Cc3ccccc3)C(C)C)[nH]c2c1. The summed E-state index contributed by atoms with van der Waals surface area (Å²) >= 11 is 0. The quantitative estimate of drug-likeness (QED) is 0.764. The van der Waals surface area contributed by atoms with E-state index in [1.165, 1.54) is 0 Å². The van der Waals surface area contributed by atoms with Crippen molar-refractivity contribution in [3.63, 3.8) is 0 Å². The molecule has 0 aliphatic heterocycles. The number of amides is 1. The van der Waals surface area contributed by atoms with Gasteiger partial charge in [-0.2, -0.15) is 0 Å². The normalized spacial score (nSPS) is 11.0. The fourth-order valence-electron chi connectivity index (χ4n) is 2.77. The maximum atomic E-state index is 13.0. The van der Waals surface area contributed by atoms with E-state index in [-0.39, 0.29) is 11.9 Å². The van der Waals surface area contributed by atoms with Gasteiger partial charge in [-0.15, -0.1) is 0 Å². The molecule has 3 aromatic rings. The molecule has 0 spiro atoms. The lowest BCUT2D eigenvalue weighted by Crippen LogP contribution is -2.36. The number of carbonyl (C=O) groups excluding carboxylic acids is 1. The van der Waals surface area contributed by atoms with Crippen LogP contribution >= 0.6 is 0 Å². The third-order valence-corrected chi connectivity index (χ3v) is 4.14. The number of methoxy groups -OCH3 is 1. The molecule has 2 aromatic carbocycles. The van der Waals surface area contributed by atoms with Gasteiger partial charge in [0.1, 0.15) is 11.4 Å². The number of rotatable bonds is 5. The number of fused-ring (bicyclic) bond motifs is 1. The Hall–Kier alpha value is -2.75. The van der Waals surface area contributed by atoms with Crippen LogP contribution in [0.1, 0.15) is 29.9 Å². The molecule has 124 valence electrons. The van der Waals surface area contributed by atoms with E-state index in [1.54, 1.807) is 7.11 Å². The monoisotopic (exact) mass is 322 g/mol. The zero-order valence-electron chi connectivity index (χ0n) is 14.2. The van der Waals surface area contributed by atoms with E-state index in [2.05, 4.69) is 4.98 Å². The van der Waals surface area contributed by atoms with Crippen LogP contribution in [-0.4, -0.2) is 28.9 Å². The Kier molecular flexibility index (Phi) is 4.56. The first-order valence-corrected chi connectivity index (χ1v) is 8.10. The number of H-pyrrole nitrogens is 1. The molecule has 0 saturated carbocycles. The molecule has 0 atom stereocenters. The van der Waals surface area contributed by atoms with Crippen molar-refractivity contribution >= 4 is 16.8 Å². The van der Waals surface area contributed by atoms with Gasteiger partial charge < -0.3 is 14.6 Å². The fourth-order valence-corrected chi connectivity index (χ4v) is 2.77. The van der Waals surface area contributed by atoms with Gasteiger partial charge in [0.15, 0.2) is 0 Å². The average Bonchev–Trinajstić information content (AvgIpc) is 3.02. The second-order valence-electron chi connectivity index (χ2n) is 6.15. The minimum atomic E-state index is 0.00372. The number of benzene rings is 2. The van der Waals surface area contributed by atoms with Crippen LogP contribution in [0.4, 0.5) is 0 Å². The Bertz CT molecular complexity index is 837. The largest absolute Gasteiger partial charge is 0.497 e. The van der Waals surface area contributed by atoms with Gasteiger partial charge in [-0.1, -0.05) is 30.3 Å². The number of nitrogens with zero attached hydrogens (tertiary/aromatic N) is 1. The molecule has 0 unspecified atom stereocenters. The van der Waals surface area contributed by atoms with Crippen LogP contribution in [0.5, 0.6) is 5.75 Å². The van der Waals surface area contributed by atoms with E-state index in [9.17, 15) is 4.79 Å². The van der Waals surface area contributed by atoms with Crippen molar-refractivity contribution in [2.75, 3.05) is 7.11 Å². The van der Waals surface area contributed by atoms with Gasteiger partial charge >= 0.3 is 0 Å². The molecule has 3 rings (SSSR count). The van der Waals surface area contributed by atoms with Gasteiger partial charge in [0.25, 0.3) is 5.91 Å². The molecule has 4 heteroatoms. The number of hydrogen-bond acceptors (Lipinski definition) is 2. The van der Waals surface area contributed by atoms with Gasteiger partial charge in [-0.3, -0.25) is 4.79 Å². The first-order chi connectivity index (χ1) is 11.6. The summed E-state index contributed by atoms with van der Waals surface area (Å²) in [5, 5.41) is 1.00. The highest BCUT2D eigenvalue weighted by molar-refractivity contribution is 5.98. The lowest BCUT2D eigenvalue weighted by atomic mass is 10.1. The summed E-state index contributed by atoms with van der Waals surface area (Å²) in [6, 6.07) is 17.8. The minimum absolute atomic E-state index is 0.00372. The highest BCUT2D eigenvalue weighted by Gasteiger charge is 2.21. The van der Waals surface area contributed by atoms with E-state index < -0.39 is 0 Å². The van der Waals surface area contributed by atoms with Crippen molar-refractivity contribution in [1.29, 1.82) is 0 Å². The van der Waals surface area contributed by atoms with Crippen molar-refractivity contribution < 1.29 is 9.53 Å². The number of aromatic nitrogens is 1. The average molecular weight is 322 g/mol. The van der Waals surface area contributed by atoms with E-state index in [0.29, 0.717) is 12.2 Å². The lowest BCUT2D eigenvalue weighted by molar-refractivity contribution is 0.0685. The molecule has 1 N–H and O–H groups in total. The summed E-state index contributed by atoms with van der Waals surface area (Å²) in [4.78, 5) is 18.1. The highest BCUT2D eigenvalue weighted by Crippen LogP contribution is 2.23. The van der Waals surface area contributed by atoms with Gasteiger partial charge in [0.2, 0.25) is 0 Å². The van der Waals surface area contributed by atoms with Crippen molar-refractivity contribution in [3.05, 3.63) is 65.9 Å². The number of nitrogens with one attached hydrogen (secondary N) is 1. The Morgan fingerprint density at radius 3 is 2.54 bits per heavy atom. The van der Waals surface area contributed by atoms with Crippen molar-refractivity contribution in [1.82, 2.24) is 9.88 Å². The maximum absolute atomic E-state index is 13.0. The second-order valence-corrected chi connectivity index (χ2v) is 6.15. The molecule has 24 heavy (non-hydrogen) atoms. The van der Waals surface area contributed by atoms with Crippen LogP contribution in [0.25, 0.3) is 10.9 Å². The fraction of sp³-hybridized carbons (Fsp3) is 0.250. The summed E-state index contributed by atoms with van der Waals surface area (Å²) in [6.45, 7) is 4.66. The van der Waals surface area contributed by atoms with E-state index in [4.69, 9.17) is 4.74 Å². The Morgan fingerprint density at radius 2 is 1.88 bits per heavy atom. The van der Waals surface area contributed by atoms with Crippen LogP contribution < -0.4 is 4.74 Å². The molecule has 1 heterocycles. The molecule has 0 saturated heterocycles. The van der Waals surface area contributed by atoms with Gasteiger partial charge in [0, 0.05) is 29.6 Å². The molecular formula is C20H22N2O2. The molecule has 0 aliphatic rings. The molecule has 0 aliphatic carbocycles. The Balaban J connectivity index is 1.89. The molecule has 0 radical (unpaired) electrons. The summed E-state index contributed by atoms with van der Waals surface area (Å²) < 4.78 is 5.24. The second kappa shape index (κ2) is 6.79. The van der Waals surface area contributed by atoms with E-state index >= 15 is 0 Å². The Morgan fingerprint density at radius 1 is 1.12 bits per heavy atom. The summed E-state index contributed by atoms with van der Waals surface area (Å²) in [5.74, 6) is 0.775. The smallest absolute Gasteiger partial charge is 0.270 e. The molecule has 0 fully saturated rings. The van der Waals surface area contributed by atoms with Gasteiger partial charge in [-0.25, -0.2) is 0 Å². The van der Waals surface area contributed by atoms with Gasteiger partial charge in [-0.05, 0) is 37.6 Å². The van der Waals surface area contributed by atoms with Crippen LogP contribution in [0.3, 0.4) is 0 Å². The molecule has 1 aromatic heterocycles. The number of hydrogen-bond donors (Lipinski definition) is 1. The summed E-state index contributed by atoms with van der Waals surface area (Å²) in [6.07, 6.45) is 0. The van der Waals surface area contributed by atoms with E-state index in [0.717, 1.165) is 22.2 Å². The number of carbonyl (C=O) groups is 1. The summed E-state index contributed by atoms with van der Waals surface area (Å²) in [7, 11) is 1.64. The molecule has 0 bridgehead atoms. The highest BCUT2D eigenvalue weighted by atomic mass is 16.5. The third-order valence-electron chi connectivity index (χ3n) is 4.14. The third kappa shape index (κ3) is 3.27. The predicted molar refractivity (Wildman–Crippen MR) is 96.3 cm³/mol. The predicted octanol–water partition coefficient (Wildman–Crippen LogP) is 4.23. The van der Waals surface area contributed by atoms with Gasteiger partial charge in [0.05, 0.1) is 7.11 Å².